The van der Waals surface area contributed by atoms with E-state index in [1.807, 2.05) is 0 Å². The van der Waals surface area contributed by atoms with Crippen LogP contribution in [0.5, 0.6) is 0 Å². The predicted octanol–water partition coefficient (Wildman–Crippen LogP) is 3.69. The van der Waals surface area contributed by atoms with E-state index < -0.39 is 24.2 Å². The van der Waals surface area contributed by atoms with Crippen LogP contribution in [0.15, 0.2) is 39.5 Å². The zero-order valence-corrected chi connectivity index (χ0v) is 13.9. The lowest BCUT2D eigenvalue weighted by atomic mass is 10.0. The Hall–Kier alpha value is -3.24. The third-order valence-electron chi connectivity index (χ3n) is 4.18. The Bertz CT molecular complexity index is 961. The monoisotopic (exact) mass is 381 g/mol. The van der Waals surface area contributed by atoms with Crippen LogP contribution in [0.3, 0.4) is 0 Å². The fraction of sp³-hybridized carbons (Fsp3) is 0.312. The van der Waals surface area contributed by atoms with E-state index in [1.54, 1.807) is 19.1 Å². The maximum absolute atomic E-state index is 13.6. The first kappa shape index (κ1) is 17.2. The lowest BCUT2D eigenvalue weighted by Gasteiger charge is -2.32. The van der Waals surface area contributed by atoms with Crippen molar-refractivity contribution in [3.63, 3.8) is 0 Å². The molecule has 0 unspecified atom stereocenters. The van der Waals surface area contributed by atoms with E-state index in [9.17, 15) is 18.0 Å². The minimum absolute atomic E-state index is 0.0754. The molecule has 2 N–H and O–H groups in total. The molecule has 11 heteroatoms. The highest BCUT2D eigenvalue weighted by Gasteiger charge is 2.47. The van der Waals surface area contributed by atoms with Gasteiger partial charge in [0.05, 0.1) is 12.3 Å². The molecule has 1 amide bonds. The number of aromatic nitrogens is 3. The van der Waals surface area contributed by atoms with Gasteiger partial charge in [-0.1, -0.05) is 5.16 Å². The first-order valence-electron chi connectivity index (χ1n) is 8.02. The second-order valence-electron chi connectivity index (χ2n) is 6.14. The van der Waals surface area contributed by atoms with Gasteiger partial charge in [0.15, 0.2) is 17.6 Å². The summed E-state index contributed by atoms with van der Waals surface area (Å²) in [7, 11) is 0. The van der Waals surface area contributed by atoms with Crippen LogP contribution in [-0.2, 0) is 0 Å². The van der Waals surface area contributed by atoms with Crippen LogP contribution in [0.1, 0.15) is 40.5 Å². The standard InChI is InChI=1S/C16H14F3N5O3/c1-8-5-13(23-27-8)21-15(25)10-7-14-20-9(11-3-2-4-26-11)6-12(16(17,18)19)24(14)22-10/h2-5,7,9,12,20H,6H2,1H3,(H,21,23,25)/t9-,12+/m0/s1. The molecule has 0 spiro atoms. The summed E-state index contributed by atoms with van der Waals surface area (Å²) in [5.74, 6) is 0.390. The smallest absolute Gasteiger partial charge is 0.410 e. The van der Waals surface area contributed by atoms with Crippen LogP contribution in [0.25, 0.3) is 0 Å². The maximum Gasteiger partial charge on any atom is 0.410 e. The maximum atomic E-state index is 13.6. The predicted molar refractivity (Wildman–Crippen MR) is 86.2 cm³/mol. The molecule has 142 valence electrons. The van der Waals surface area contributed by atoms with Gasteiger partial charge in [0.1, 0.15) is 17.3 Å². The van der Waals surface area contributed by atoms with Gasteiger partial charge in [-0.15, -0.1) is 0 Å². The zero-order chi connectivity index (χ0) is 19.2. The Morgan fingerprint density at radius 3 is 2.85 bits per heavy atom. The van der Waals surface area contributed by atoms with Gasteiger partial charge in [-0.3, -0.25) is 4.79 Å². The van der Waals surface area contributed by atoms with E-state index >= 15 is 0 Å². The molecule has 0 aromatic carbocycles. The molecular weight excluding hydrogens is 367 g/mol. The molecule has 2 atom stereocenters. The minimum atomic E-state index is -4.54. The molecule has 0 aliphatic carbocycles. The number of amides is 1. The largest absolute Gasteiger partial charge is 0.467 e. The number of hydrogen-bond acceptors (Lipinski definition) is 6. The van der Waals surface area contributed by atoms with Crippen molar-refractivity contribution in [3.05, 3.63) is 47.7 Å². The zero-order valence-electron chi connectivity index (χ0n) is 13.9. The quantitative estimate of drug-likeness (QED) is 0.718. The molecule has 3 aromatic rings. The van der Waals surface area contributed by atoms with E-state index in [1.165, 1.54) is 18.4 Å². The first-order chi connectivity index (χ1) is 12.8. The van der Waals surface area contributed by atoms with E-state index in [2.05, 4.69) is 20.9 Å². The fourth-order valence-corrected chi connectivity index (χ4v) is 2.97. The van der Waals surface area contributed by atoms with E-state index in [0.717, 1.165) is 4.68 Å². The molecule has 8 nitrogen and oxygen atoms in total. The number of carbonyl (C=O) groups is 1. The summed E-state index contributed by atoms with van der Waals surface area (Å²) in [6.45, 7) is 1.64. The molecule has 0 saturated heterocycles. The first-order valence-corrected chi connectivity index (χ1v) is 8.02. The van der Waals surface area contributed by atoms with Crippen LogP contribution in [0, 0.1) is 6.92 Å². The number of aryl methyl sites for hydroxylation is 1. The third-order valence-corrected chi connectivity index (χ3v) is 4.18. The number of rotatable bonds is 3. The van der Waals surface area contributed by atoms with Crippen molar-refractivity contribution < 1.29 is 26.9 Å². The lowest BCUT2D eigenvalue weighted by molar-refractivity contribution is -0.174. The number of fused-ring (bicyclic) bond motifs is 1. The van der Waals surface area contributed by atoms with Crippen LogP contribution < -0.4 is 10.6 Å². The average Bonchev–Trinajstić information content (AvgIpc) is 3.32. The highest BCUT2D eigenvalue weighted by molar-refractivity contribution is 6.02. The molecule has 0 radical (unpaired) electrons. The number of nitrogens with zero attached hydrogens (tertiary/aromatic N) is 3. The van der Waals surface area contributed by atoms with Crippen molar-refractivity contribution in [2.24, 2.45) is 0 Å². The second-order valence-corrected chi connectivity index (χ2v) is 6.14. The van der Waals surface area contributed by atoms with Crippen molar-refractivity contribution in [3.8, 4) is 0 Å². The van der Waals surface area contributed by atoms with E-state index in [4.69, 9.17) is 8.94 Å². The molecule has 1 aliphatic heterocycles. The number of anilines is 2. The van der Waals surface area contributed by atoms with Crippen molar-refractivity contribution in [1.82, 2.24) is 14.9 Å². The van der Waals surface area contributed by atoms with Crippen LogP contribution >= 0.6 is 0 Å². The average molecular weight is 381 g/mol. The van der Waals surface area contributed by atoms with Crippen molar-refractivity contribution in [1.29, 1.82) is 0 Å². The molecule has 0 bridgehead atoms. The molecule has 27 heavy (non-hydrogen) atoms. The molecule has 4 rings (SSSR count). The Balaban J connectivity index is 1.64. The van der Waals surface area contributed by atoms with Gasteiger partial charge in [-0.2, -0.15) is 18.3 Å². The van der Waals surface area contributed by atoms with Gasteiger partial charge in [0.25, 0.3) is 5.91 Å². The Morgan fingerprint density at radius 1 is 1.41 bits per heavy atom. The molecule has 3 aromatic heterocycles. The summed E-state index contributed by atoms with van der Waals surface area (Å²) in [6, 6.07) is 3.36. The summed E-state index contributed by atoms with van der Waals surface area (Å²) in [5.41, 5.74) is -0.174. The van der Waals surface area contributed by atoms with Crippen molar-refractivity contribution in [2.75, 3.05) is 10.6 Å². The number of nitrogens with one attached hydrogen (secondary N) is 2. The Kier molecular flexibility index (Phi) is 3.93. The Morgan fingerprint density at radius 2 is 2.22 bits per heavy atom. The molecule has 1 aliphatic rings. The van der Waals surface area contributed by atoms with Crippen LogP contribution in [0.2, 0.25) is 0 Å². The van der Waals surface area contributed by atoms with Gasteiger partial charge in [0, 0.05) is 18.6 Å². The number of furan rings is 1. The summed E-state index contributed by atoms with van der Waals surface area (Å²) in [6.07, 6.45) is -3.45. The van der Waals surface area contributed by atoms with Gasteiger partial charge >= 0.3 is 6.18 Å². The van der Waals surface area contributed by atoms with E-state index in [-0.39, 0.29) is 23.8 Å². The Labute approximate surface area is 150 Å². The number of alkyl halides is 3. The van der Waals surface area contributed by atoms with Gasteiger partial charge in [-0.05, 0) is 19.1 Å². The SMILES string of the molecule is Cc1cc(NC(=O)c2cc3n(n2)[C@@H](C(F)(F)F)C[C@@H](c2ccco2)N3)no1. The van der Waals surface area contributed by atoms with Gasteiger partial charge in [-0.25, -0.2) is 4.68 Å². The van der Waals surface area contributed by atoms with Crippen LogP contribution in [-0.4, -0.2) is 27.0 Å². The number of hydrogen-bond donors (Lipinski definition) is 2. The minimum Gasteiger partial charge on any atom is -0.467 e. The topological polar surface area (TPSA) is 98.1 Å². The van der Waals surface area contributed by atoms with E-state index in [0.29, 0.717) is 11.5 Å². The summed E-state index contributed by atoms with van der Waals surface area (Å²) in [5, 5.41) is 12.8. The van der Waals surface area contributed by atoms with Crippen molar-refractivity contribution in [2.45, 2.75) is 31.6 Å². The van der Waals surface area contributed by atoms with Crippen molar-refractivity contribution >= 4 is 17.5 Å². The molecular formula is C16H14F3N5O3. The third kappa shape index (κ3) is 3.27. The highest BCUT2D eigenvalue weighted by Crippen LogP contribution is 2.43. The number of carbonyl (C=O) groups excluding carboxylic acids is 1. The fourth-order valence-electron chi connectivity index (χ4n) is 2.97. The normalized spacial score (nSPS) is 19.4. The second kappa shape index (κ2) is 6.18. The summed E-state index contributed by atoms with van der Waals surface area (Å²) >= 11 is 0. The molecule has 0 fully saturated rings. The lowest BCUT2D eigenvalue weighted by Crippen LogP contribution is -2.35. The van der Waals surface area contributed by atoms with Gasteiger partial charge in [0.2, 0.25) is 0 Å². The summed E-state index contributed by atoms with van der Waals surface area (Å²) in [4.78, 5) is 12.3. The van der Waals surface area contributed by atoms with Crippen LogP contribution in [0.4, 0.5) is 24.8 Å². The van der Waals surface area contributed by atoms with Gasteiger partial charge < -0.3 is 19.6 Å². The number of halogens is 3. The summed E-state index contributed by atoms with van der Waals surface area (Å²) < 4.78 is 51.5. The molecule has 0 saturated carbocycles. The molecule has 4 heterocycles. The highest BCUT2D eigenvalue weighted by atomic mass is 19.4.